The molecular weight excluding hydrogens is 262 g/mol. The summed E-state index contributed by atoms with van der Waals surface area (Å²) in [6.07, 6.45) is 2.08. The molecule has 0 radical (unpaired) electrons. The number of carboxylic acid groups (broad SMARTS) is 1. The summed E-state index contributed by atoms with van der Waals surface area (Å²) in [7, 11) is 1.63. The number of unbranched alkanes of at least 4 members (excludes halogenated alkanes) is 1. The molecule has 0 aliphatic carbocycles. The molecule has 0 atom stereocenters. The van der Waals surface area contributed by atoms with Crippen LogP contribution in [0.5, 0.6) is 5.75 Å². The lowest BCUT2D eigenvalue weighted by Gasteiger charge is -2.07. The van der Waals surface area contributed by atoms with Gasteiger partial charge in [0, 0.05) is 25.8 Å². The van der Waals surface area contributed by atoms with E-state index in [1.165, 1.54) is 0 Å². The van der Waals surface area contributed by atoms with Crippen molar-refractivity contribution in [2.45, 2.75) is 19.3 Å². The van der Waals surface area contributed by atoms with E-state index in [4.69, 9.17) is 14.6 Å². The Morgan fingerprint density at radius 2 is 1.90 bits per heavy atom. The number of benzene rings is 1. The average Bonchev–Trinajstić information content (AvgIpc) is 2.43. The van der Waals surface area contributed by atoms with Crippen LogP contribution in [0.1, 0.15) is 19.3 Å². The number of carbonyl (C=O) groups excluding carboxylic acids is 1. The number of hydrogen-bond donors (Lipinski definition) is 2. The van der Waals surface area contributed by atoms with Crippen molar-refractivity contribution >= 4 is 17.6 Å². The quantitative estimate of drug-likeness (QED) is 0.675. The van der Waals surface area contributed by atoms with Gasteiger partial charge < -0.3 is 19.9 Å². The Kier molecular flexibility index (Phi) is 7.13. The van der Waals surface area contributed by atoms with E-state index < -0.39 is 5.97 Å². The van der Waals surface area contributed by atoms with Gasteiger partial charge in [0.15, 0.2) is 6.61 Å². The van der Waals surface area contributed by atoms with E-state index in [1.54, 1.807) is 31.4 Å². The Balaban J connectivity index is 2.33. The van der Waals surface area contributed by atoms with Crippen molar-refractivity contribution in [2.75, 3.05) is 25.6 Å². The molecular formula is C14H19NO5. The zero-order valence-corrected chi connectivity index (χ0v) is 11.4. The molecule has 0 aliphatic heterocycles. The first kappa shape index (κ1) is 16.0. The number of carboxylic acids is 1. The van der Waals surface area contributed by atoms with Gasteiger partial charge in [0.2, 0.25) is 5.91 Å². The number of hydrogen-bond acceptors (Lipinski definition) is 4. The third kappa shape index (κ3) is 6.75. The van der Waals surface area contributed by atoms with E-state index >= 15 is 0 Å². The molecule has 0 heterocycles. The van der Waals surface area contributed by atoms with E-state index in [-0.39, 0.29) is 12.5 Å². The van der Waals surface area contributed by atoms with Gasteiger partial charge >= 0.3 is 5.97 Å². The first-order valence-corrected chi connectivity index (χ1v) is 6.35. The largest absolute Gasteiger partial charge is 0.482 e. The van der Waals surface area contributed by atoms with E-state index in [1.807, 2.05) is 0 Å². The van der Waals surface area contributed by atoms with Crippen LogP contribution in [-0.2, 0) is 14.3 Å². The van der Waals surface area contributed by atoms with E-state index in [0.29, 0.717) is 24.5 Å². The van der Waals surface area contributed by atoms with Crippen molar-refractivity contribution in [3.8, 4) is 5.75 Å². The minimum Gasteiger partial charge on any atom is -0.482 e. The highest BCUT2D eigenvalue weighted by Crippen LogP contribution is 2.16. The molecule has 0 bridgehead atoms. The zero-order valence-electron chi connectivity index (χ0n) is 11.4. The molecule has 0 unspecified atom stereocenters. The normalized spacial score (nSPS) is 10.1. The Morgan fingerprint density at radius 3 is 2.50 bits per heavy atom. The second kappa shape index (κ2) is 8.92. The van der Waals surface area contributed by atoms with Gasteiger partial charge in [-0.15, -0.1) is 0 Å². The molecule has 0 fully saturated rings. The van der Waals surface area contributed by atoms with Crippen molar-refractivity contribution in [2.24, 2.45) is 0 Å². The summed E-state index contributed by atoms with van der Waals surface area (Å²) in [5, 5.41) is 11.2. The fourth-order valence-electron chi connectivity index (χ4n) is 1.54. The lowest BCUT2D eigenvalue weighted by molar-refractivity contribution is -0.139. The summed E-state index contributed by atoms with van der Waals surface area (Å²) in [5.41, 5.74) is 0.657. The summed E-state index contributed by atoms with van der Waals surface area (Å²) in [6, 6.07) is 6.57. The number of rotatable bonds is 9. The molecule has 1 aromatic carbocycles. The third-order valence-corrected chi connectivity index (χ3v) is 2.50. The summed E-state index contributed by atoms with van der Waals surface area (Å²) >= 11 is 0. The summed E-state index contributed by atoms with van der Waals surface area (Å²) in [6.45, 7) is 0.272. The predicted octanol–water partition coefficient (Wildman–Crippen LogP) is 1.91. The van der Waals surface area contributed by atoms with E-state index in [0.717, 1.165) is 12.8 Å². The van der Waals surface area contributed by atoms with Crippen LogP contribution < -0.4 is 10.1 Å². The predicted molar refractivity (Wildman–Crippen MR) is 73.9 cm³/mol. The Morgan fingerprint density at radius 1 is 1.20 bits per heavy atom. The summed E-state index contributed by atoms with van der Waals surface area (Å²) in [5.74, 6) is -0.635. The second-order valence-electron chi connectivity index (χ2n) is 4.20. The lowest BCUT2D eigenvalue weighted by atomic mass is 10.2. The molecule has 1 amide bonds. The van der Waals surface area contributed by atoms with Crippen LogP contribution in [0.3, 0.4) is 0 Å². The molecule has 0 saturated heterocycles. The first-order valence-electron chi connectivity index (χ1n) is 6.35. The van der Waals surface area contributed by atoms with Crippen LogP contribution in [0.4, 0.5) is 5.69 Å². The van der Waals surface area contributed by atoms with Crippen LogP contribution >= 0.6 is 0 Å². The van der Waals surface area contributed by atoms with Gasteiger partial charge in [0.1, 0.15) is 5.75 Å². The van der Waals surface area contributed by atoms with Gasteiger partial charge in [-0.25, -0.2) is 4.79 Å². The fraction of sp³-hybridized carbons (Fsp3) is 0.429. The van der Waals surface area contributed by atoms with Crippen LogP contribution in [0.2, 0.25) is 0 Å². The van der Waals surface area contributed by atoms with Crippen molar-refractivity contribution in [1.29, 1.82) is 0 Å². The SMILES string of the molecule is COCCCCC(=O)Nc1ccc(OCC(=O)O)cc1. The standard InChI is InChI=1S/C14H19NO5/c1-19-9-3-2-4-13(16)15-11-5-7-12(8-6-11)20-10-14(17)18/h5-8H,2-4,9-10H2,1H3,(H,15,16)(H,17,18). The van der Waals surface area contributed by atoms with Gasteiger partial charge in [-0.1, -0.05) is 0 Å². The molecule has 2 N–H and O–H groups in total. The number of carbonyl (C=O) groups is 2. The number of amides is 1. The number of anilines is 1. The summed E-state index contributed by atoms with van der Waals surface area (Å²) in [4.78, 5) is 22.0. The molecule has 0 spiro atoms. The van der Waals surface area contributed by atoms with Crippen LogP contribution in [0, 0.1) is 0 Å². The van der Waals surface area contributed by atoms with E-state index in [2.05, 4.69) is 5.32 Å². The van der Waals surface area contributed by atoms with Gasteiger partial charge in [0.25, 0.3) is 0 Å². The maximum atomic E-state index is 11.6. The highest BCUT2D eigenvalue weighted by atomic mass is 16.5. The number of methoxy groups -OCH3 is 1. The monoisotopic (exact) mass is 281 g/mol. The highest BCUT2D eigenvalue weighted by Gasteiger charge is 2.03. The average molecular weight is 281 g/mol. The minimum atomic E-state index is -1.03. The maximum Gasteiger partial charge on any atom is 0.341 e. The molecule has 20 heavy (non-hydrogen) atoms. The van der Waals surface area contributed by atoms with E-state index in [9.17, 15) is 9.59 Å². The van der Waals surface area contributed by atoms with Crippen LogP contribution in [0.15, 0.2) is 24.3 Å². The smallest absolute Gasteiger partial charge is 0.341 e. The molecule has 6 heteroatoms. The number of nitrogens with one attached hydrogen (secondary N) is 1. The highest BCUT2D eigenvalue weighted by molar-refractivity contribution is 5.90. The van der Waals surface area contributed by atoms with Crippen molar-refractivity contribution in [3.05, 3.63) is 24.3 Å². The van der Waals surface area contributed by atoms with Crippen LogP contribution in [0.25, 0.3) is 0 Å². The Labute approximate surface area is 117 Å². The maximum absolute atomic E-state index is 11.6. The Hall–Kier alpha value is -2.08. The number of aliphatic carboxylic acids is 1. The lowest BCUT2D eigenvalue weighted by Crippen LogP contribution is -2.12. The third-order valence-electron chi connectivity index (χ3n) is 2.50. The molecule has 0 aliphatic rings. The second-order valence-corrected chi connectivity index (χ2v) is 4.20. The fourth-order valence-corrected chi connectivity index (χ4v) is 1.54. The molecule has 0 saturated carbocycles. The van der Waals surface area contributed by atoms with Crippen molar-refractivity contribution in [3.63, 3.8) is 0 Å². The van der Waals surface area contributed by atoms with Crippen molar-refractivity contribution < 1.29 is 24.2 Å². The minimum absolute atomic E-state index is 0.0553. The topological polar surface area (TPSA) is 84.9 Å². The molecule has 0 aromatic heterocycles. The van der Waals surface area contributed by atoms with Crippen molar-refractivity contribution in [1.82, 2.24) is 0 Å². The summed E-state index contributed by atoms with van der Waals surface area (Å²) < 4.78 is 9.90. The molecule has 110 valence electrons. The van der Waals surface area contributed by atoms with Crippen LogP contribution in [-0.4, -0.2) is 37.3 Å². The van der Waals surface area contributed by atoms with Gasteiger partial charge in [-0.05, 0) is 37.1 Å². The van der Waals surface area contributed by atoms with Gasteiger partial charge in [-0.2, -0.15) is 0 Å². The molecule has 1 rings (SSSR count). The molecule has 6 nitrogen and oxygen atoms in total. The first-order chi connectivity index (χ1) is 9.61. The van der Waals surface area contributed by atoms with Gasteiger partial charge in [-0.3, -0.25) is 4.79 Å². The zero-order chi connectivity index (χ0) is 14.8. The molecule has 1 aromatic rings. The number of ether oxygens (including phenoxy) is 2. The van der Waals surface area contributed by atoms with Gasteiger partial charge in [0.05, 0.1) is 0 Å². The Bertz CT molecular complexity index is 430.